The topological polar surface area (TPSA) is 48.0 Å². The summed E-state index contributed by atoms with van der Waals surface area (Å²) in [5.74, 6) is 2.09. The molecule has 4 rings (SSSR count). The van der Waals surface area contributed by atoms with Crippen molar-refractivity contribution in [3.8, 4) is 23.0 Å². The summed E-state index contributed by atoms with van der Waals surface area (Å²) >= 11 is 0. The van der Waals surface area contributed by atoms with Gasteiger partial charge in [0.05, 0.1) is 0 Å². The highest BCUT2D eigenvalue weighted by Gasteiger charge is 2.16. The Morgan fingerprint density at radius 3 is 2.32 bits per heavy atom. The summed E-state index contributed by atoms with van der Waals surface area (Å²) in [5.41, 5.74) is 1.51. The van der Waals surface area contributed by atoms with Gasteiger partial charge < -0.3 is 19.1 Å². The van der Waals surface area contributed by atoms with Crippen LogP contribution >= 0.6 is 0 Å². The Labute approximate surface area is 161 Å². The Kier molecular flexibility index (Phi) is 4.85. The van der Waals surface area contributed by atoms with Gasteiger partial charge in [-0.1, -0.05) is 6.07 Å². The Morgan fingerprint density at radius 1 is 0.964 bits per heavy atom. The first kappa shape index (κ1) is 17.9. The molecule has 0 unspecified atom stereocenters. The van der Waals surface area contributed by atoms with E-state index in [-0.39, 0.29) is 18.5 Å². The van der Waals surface area contributed by atoms with Crippen molar-refractivity contribution in [3.05, 3.63) is 83.7 Å². The van der Waals surface area contributed by atoms with Crippen LogP contribution in [0.5, 0.6) is 23.0 Å². The largest absolute Gasteiger partial charge is 0.457 e. The van der Waals surface area contributed by atoms with E-state index in [0.29, 0.717) is 29.4 Å². The van der Waals surface area contributed by atoms with Gasteiger partial charge in [0, 0.05) is 19.2 Å². The van der Waals surface area contributed by atoms with E-state index in [9.17, 15) is 9.18 Å². The molecule has 6 heteroatoms. The fourth-order valence-corrected chi connectivity index (χ4v) is 2.91. The van der Waals surface area contributed by atoms with Gasteiger partial charge in [-0.05, 0) is 66.2 Å². The standard InChI is InChI=1S/C22H18FNO4/c1-24(13-15-2-11-20-21(12-15)27-14-26-20)22(25)16-3-7-18(8-4-16)28-19-9-5-17(23)6-10-19/h2-12H,13-14H2,1H3. The number of amides is 1. The third-order valence-electron chi connectivity index (χ3n) is 4.35. The molecule has 0 spiro atoms. The van der Waals surface area contributed by atoms with Gasteiger partial charge in [-0.15, -0.1) is 0 Å². The smallest absolute Gasteiger partial charge is 0.253 e. The second-order valence-electron chi connectivity index (χ2n) is 6.43. The van der Waals surface area contributed by atoms with E-state index in [2.05, 4.69) is 0 Å². The summed E-state index contributed by atoms with van der Waals surface area (Å²) in [6, 6.07) is 18.2. The number of hydrogen-bond donors (Lipinski definition) is 0. The van der Waals surface area contributed by atoms with Crippen molar-refractivity contribution in [1.29, 1.82) is 0 Å². The van der Waals surface area contributed by atoms with Gasteiger partial charge >= 0.3 is 0 Å². The number of carbonyl (C=O) groups is 1. The van der Waals surface area contributed by atoms with Crippen LogP contribution in [0, 0.1) is 5.82 Å². The molecule has 0 fully saturated rings. The number of ether oxygens (including phenoxy) is 3. The molecule has 1 heterocycles. The average Bonchev–Trinajstić information content (AvgIpc) is 3.17. The van der Waals surface area contributed by atoms with E-state index in [1.165, 1.54) is 12.1 Å². The van der Waals surface area contributed by atoms with Gasteiger partial charge in [0.2, 0.25) is 6.79 Å². The first-order chi connectivity index (χ1) is 13.6. The van der Waals surface area contributed by atoms with Crippen LogP contribution in [0.15, 0.2) is 66.7 Å². The molecule has 0 atom stereocenters. The van der Waals surface area contributed by atoms with Crippen LogP contribution in [0.25, 0.3) is 0 Å². The van der Waals surface area contributed by atoms with E-state index >= 15 is 0 Å². The lowest BCUT2D eigenvalue weighted by Gasteiger charge is -2.18. The lowest BCUT2D eigenvalue weighted by molar-refractivity contribution is 0.0785. The van der Waals surface area contributed by atoms with Crippen molar-refractivity contribution in [2.24, 2.45) is 0 Å². The van der Waals surface area contributed by atoms with Gasteiger partial charge in [-0.2, -0.15) is 0 Å². The zero-order chi connectivity index (χ0) is 19.5. The fraction of sp³-hybridized carbons (Fsp3) is 0.136. The molecule has 0 aromatic heterocycles. The molecule has 3 aromatic carbocycles. The third-order valence-corrected chi connectivity index (χ3v) is 4.35. The second kappa shape index (κ2) is 7.60. The van der Waals surface area contributed by atoms with Crippen LogP contribution < -0.4 is 14.2 Å². The number of rotatable bonds is 5. The number of halogens is 1. The minimum absolute atomic E-state index is 0.106. The summed E-state index contributed by atoms with van der Waals surface area (Å²) in [4.78, 5) is 14.3. The monoisotopic (exact) mass is 379 g/mol. The fourth-order valence-electron chi connectivity index (χ4n) is 2.91. The Hall–Kier alpha value is -3.54. The molecule has 1 aliphatic heterocycles. The van der Waals surface area contributed by atoms with Crippen molar-refractivity contribution in [3.63, 3.8) is 0 Å². The van der Waals surface area contributed by atoms with Crippen molar-refractivity contribution in [1.82, 2.24) is 4.90 Å². The first-order valence-electron chi connectivity index (χ1n) is 8.76. The summed E-state index contributed by atoms with van der Waals surface area (Å²) in [7, 11) is 1.75. The molecule has 1 amide bonds. The highest BCUT2D eigenvalue weighted by Crippen LogP contribution is 2.32. The average molecular weight is 379 g/mol. The molecular formula is C22H18FNO4. The normalized spacial score (nSPS) is 11.9. The van der Waals surface area contributed by atoms with Gasteiger partial charge in [-0.25, -0.2) is 4.39 Å². The van der Waals surface area contributed by atoms with Crippen LogP contribution in [0.2, 0.25) is 0 Å². The maximum Gasteiger partial charge on any atom is 0.253 e. The van der Waals surface area contributed by atoms with E-state index in [1.807, 2.05) is 18.2 Å². The molecule has 3 aromatic rings. The Balaban J connectivity index is 1.40. The third kappa shape index (κ3) is 3.91. The molecule has 1 aliphatic rings. The number of fused-ring (bicyclic) bond motifs is 1. The molecule has 28 heavy (non-hydrogen) atoms. The molecular weight excluding hydrogens is 361 g/mol. The number of hydrogen-bond acceptors (Lipinski definition) is 4. The minimum atomic E-state index is -0.321. The van der Waals surface area contributed by atoms with Crippen LogP contribution in [0.1, 0.15) is 15.9 Å². The quantitative estimate of drug-likeness (QED) is 0.649. The second-order valence-corrected chi connectivity index (χ2v) is 6.43. The van der Waals surface area contributed by atoms with Crippen LogP contribution in [0.4, 0.5) is 4.39 Å². The summed E-state index contributed by atoms with van der Waals surface area (Å²) in [6.45, 7) is 0.670. The molecule has 0 aliphatic carbocycles. The first-order valence-corrected chi connectivity index (χ1v) is 8.76. The van der Waals surface area contributed by atoms with E-state index < -0.39 is 0 Å². The molecule has 5 nitrogen and oxygen atoms in total. The molecule has 0 N–H and O–H groups in total. The van der Waals surface area contributed by atoms with Crippen LogP contribution in [0.3, 0.4) is 0 Å². The van der Waals surface area contributed by atoms with Gasteiger partial charge in [0.15, 0.2) is 11.5 Å². The maximum absolute atomic E-state index is 13.0. The predicted molar refractivity (Wildman–Crippen MR) is 101 cm³/mol. The van der Waals surface area contributed by atoms with Crippen LogP contribution in [-0.2, 0) is 6.54 Å². The summed E-state index contributed by atoms with van der Waals surface area (Å²) < 4.78 is 29.3. The predicted octanol–water partition coefficient (Wildman–Crippen LogP) is 4.62. The van der Waals surface area contributed by atoms with Crippen molar-refractivity contribution < 1.29 is 23.4 Å². The van der Waals surface area contributed by atoms with Crippen molar-refractivity contribution in [2.75, 3.05) is 13.8 Å². The highest BCUT2D eigenvalue weighted by atomic mass is 19.1. The van der Waals surface area contributed by atoms with E-state index in [1.54, 1.807) is 48.3 Å². The highest BCUT2D eigenvalue weighted by molar-refractivity contribution is 5.94. The lowest BCUT2D eigenvalue weighted by Crippen LogP contribution is -2.26. The van der Waals surface area contributed by atoms with Gasteiger partial charge in [0.1, 0.15) is 17.3 Å². The molecule has 0 saturated carbocycles. The summed E-state index contributed by atoms with van der Waals surface area (Å²) in [6.07, 6.45) is 0. The molecule has 142 valence electrons. The SMILES string of the molecule is CN(Cc1ccc2c(c1)OCO2)C(=O)c1ccc(Oc2ccc(F)cc2)cc1. The molecule has 0 saturated heterocycles. The minimum Gasteiger partial charge on any atom is -0.457 e. The molecule has 0 radical (unpaired) electrons. The van der Waals surface area contributed by atoms with Crippen molar-refractivity contribution in [2.45, 2.75) is 6.54 Å². The number of benzene rings is 3. The number of nitrogens with zero attached hydrogens (tertiary/aromatic N) is 1. The molecule has 0 bridgehead atoms. The van der Waals surface area contributed by atoms with E-state index in [0.717, 1.165) is 11.3 Å². The zero-order valence-corrected chi connectivity index (χ0v) is 15.2. The zero-order valence-electron chi connectivity index (χ0n) is 15.2. The van der Waals surface area contributed by atoms with Gasteiger partial charge in [-0.3, -0.25) is 4.79 Å². The summed E-state index contributed by atoms with van der Waals surface area (Å²) in [5, 5.41) is 0. The Morgan fingerprint density at radius 2 is 1.61 bits per heavy atom. The maximum atomic E-state index is 13.0. The van der Waals surface area contributed by atoms with E-state index in [4.69, 9.17) is 14.2 Å². The van der Waals surface area contributed by atoms with Crippen LogP contribution in [-0.4, -0.2) is 24.6 Å². The number of carbonyl (C=O) groups excluding carboxylic acids is 1. The lowest BCUT2D eigenvalue weighted by atomic mass is 10.1. The van der Waals surface area contributed by atoms with Crippen molar-refractivity contribution >= 4 is 5.91 Å². The van der Waals surface area contributed by atoms with Gasteiger partial charge in [0.25, 0.3) is 5.91 Å². The Bertz CT molecular complexity index is 986.